The van der Waals surface area contributed by atoms with Gasteiger partial charge in [0.05, 0.1) is 6.04 Å². The minimum atomic E-state index is 0.327. The van der Waals surface area contributed by atoms with E-state index in [0.717, 1.165) is 37.0 Å². The predicted octanol–water partition coefficient (Wildman–Crippen LogP) is 2.23. The fourth-order valence-electron chi connectivity index (χ4n) is 2.51. The quantitative estimate of drug-likeness (QED) is 0.850. The van der Waals surface area contributed by atoms with Gasteiger partial charge in [0.1, 0.15) is 0 Å². The van der Waals surface area contributed by atoms with Crippen molar-refractivity contribution in [3.63, 3.8) is 0 Å². The maximum absolute atomic E-state index is 5.32. The van der Waals surface area contributed by atoms with Gasteiger partial charge in [-0.3, -0.25) is 0 Å². The third-order valence-corrected chi connectivity index (χ3v) is 3.79. The first-order chi connectivity index (χ1) is 7.92. The minimum absolute atomic E-state index is 0.327. The summed E-state index contributed by atoms with van der Waals surface area (Å²) in [6, 6.07) is 0.327. The summed E-state index contributed by atoms with van der Waals surface area (Å²) < 4.78 is 5.32. The molecule has 3 rings (SSSR count). The summed E-state index contributed by atoms with van der Waals surface area (Å²) >= 11 is 0. The van der Waals surface area contributed by atoms with Gasteiger partial charge in [-0.1, -0.05) is 18.0 Å². The summed E-state index contributed by atoms with van der Waals surface area (Å²) in [6.45, 7) is 1.08. The van der Waals surface area contributed by atoms with Gasteiger partial charge in [-0.2, -0.15) is 4.98 Å². The second kappa shape index (κ2) is 4.53. The number of rotatable bonds is 3. The summed E-state index contributed by atoms with van der Waals surface area (Å²) in [5.41, 5.74) is 0. The van der Waals surface area contributed by atoms with E-state index in [1.165, 1.54) is 32.1 Å². The molecule has 4 heteroatoms. The molecule has 0 radical (unpaired) electrons. The van der Waals surface area contributed by atoms with Gasteiger partial charge in [0, 0.05) is 6.42 Å². The fourth-order valence-corrected chi connectivity index (χ4v) is 2.51. The van der Waals surface area contributed by atoms with Crippen LogP contribution in [-0.2, 0) is 6.42 Å². The second-order valence-electron chi connectivity index (χ2n) is 5.05. The van der Waals surface area contributed by atoms with E-state index in [0.29, 0.717) is 6.04 Å². The van der Waals surface area contributed by atoms with Crippen LogP contribution in [0.5, 0.6) is 0 Å². The van der Waals surface area contributed by atoms with Crippen LogP contribution in [0.3, 0.4) is 0 Å². The van der Waals surface area contributed by atoms with Crippen molar-refractivity contribution in [3.8, 4) is 0 Å². The summed E-state index contributed by atoms with van der Waals surface area (Å²) in [5, 5.41) is 7.55. The van der Waals surface area contributed by atoms with Gasteiger partial charge >= 0.3 is 0 Å². The van der Waals surface area contributed by atoms with E-state index in [1.54, 1.807) is 0 Å². The zero-order valence-electron chi connectivity index (χ0n) is 9.61. The normalized spacial score (nSPS) is 26.6. The van der Waals surface area contributed by atoms with E-state index in [9.17, 15) is 0 Å². The van der Waals surface area contributed by atoms with Crippen molar-refractivity contribution < 1.29 is 4.52 Å². The van der Waals surface area contributed by atoms with Gasteiger partial charge in [-0.05, 0) is 38.1 Å². The van der Waals surface area contributed by atoms with Crippen LogP contribution in [0.1, 0.15) is 56.3 Å². The monoisotopic (exact) mass is 221 g/mol. The smallest absolute Gasteiger partial charge is 0.226 e. The van der Waals surface area contributed by atoms with E-state index >= 15 is 0 Å². The zero-order chi connectivity index (χ0) is 10.8. The van der Waals surface area contributed by atoms with Crippen molar-refractivity contribution in [2.45, 2.75) is 51.0 Å². The molecule has 1 saturated heterocycles. The van der Waals surface area contributed by atoms with Crippen molar-refractivity contribution in [3.05, 3.63) is 11.7 Å². The van der Waals surface area contributed by atoms with Gasteiger partial charge in [0.25, 0.3) is 0 Å². The van der Waals surface area contributed by atoms with Crippen LogP contribution in [0.25, 0.3) is 0 Å². The Labute approximate surface area is 95.8 Å². The molecule has 0 bridgehead atoms. The van der Waals surface area contributed by atoms with Crippen LogP contribution in [0.2, 0.25) is 0 Å². The third-order valence-electron chi connectivity index (χ3n) is 3.79. The fraction of sp³-hybridized carbons (Fsp3) is 0.833. The molecule has 2 aliphatic rings. The number of piperidine rings is 1. The highest BCUT2D eigenvalue weighted by Gasteiger charge is 2.23. The third kappa shape index (κ3) is 2.12. The van der Waals surface area contributed by atoms with Crippen molar-refractivity contribution in [2.24, 2.45) is 5.92 Å². The van der Waals surface area contributed by atoms with E-state index < -0.39 is 0 Å². The summed E-state index contributed by atoms with van der Waals surface area (Å²) in [5.74, 6) is 2.51. The largest absolute Gasteiger partial charge is 0.339 e. The van der Waals surface area contributed by atoms with Crippen molar-refractivity contribution in [2.75, 3.05) is 6.54 Å². The van der Waals surface area contributed by atoms with Gasteiger partial charge < -0.3 is 9.84 Å². The molecule has 0 spiro atoms. The summed E-state index contributed by atoms with van der Waals surface area (Å²) in [4.78, 5) is 4.52. The van der Waals surface area contributed by atoms with Gasteiger partial charge in [-0.25, -0.2) is 0 Å². The molecule has 1 atom stereocenters. The molecule has 1 aliphatic heterocycles. The molecular weight excluding hydrogens is 202 g/mol. The number of hydrogen-bond donors (Lipinski definition) is 1. The predicted molar refractivity (Wildman–Crippen MR) is 59.9 cm³/mol. The van der Waals surface area contributed by atoms with Crippen LogP contribution in [0, 0.1) is 5.92 Å². The Morgan fingerprint density at radius 1 is 1.19 bits per heavy atom. The SMILES string of the molecule is C1CCC(c2noc(CC3CCC3)n2)NC1. The maximum atomic E-state index is 5.32. The molecule has 1 aromatic heterocycles. The molecule has 0 amide bonds. The Hall–Kier alpha value is -0.900. The van der Waals surface area contributed by atoms with Gasteiger partial charge in [-0.15, -0.1) is 0 Å². The molecule has 1 saturated carbocycles. The van der Waals surface area contributed by atoms with E-state index in [2.05, 4.69) is 15.5 Å². The molecule has 2 fully saturated rings. The highest BCUT2D eigenvalue weighted by molar-refractivity contribution is 4.96. The summed E-state index contributed by atoms with van der Waals surface area (Å²) in [6.07, 6.45) is 8.70. The molecule has 88 valence electrons. The lowest BCUT2D eigenvalue weighted by atomic mass is 9.83. The molecule has 1 N–H and O–H groups in total. The Balaban J connectivity index is 1.61. The van der Waals surface area contributed by atoms with E-state index in [4.69, 9.17) is 4.52 Å². The first-order valence-electron chi connectivity index (χ1n) is 6.47. The maximum Gasteiger partial charge on any atom is 0.226 e. The van der Waals surface area contributed by atoms with Crippen LogP contribution in [0.15, 0.2) is 4.52 Å². The van der Waals surface area contributed by atoms with Crippen molar-refractivity contribution >= 4 is 0 Å². The molecule has 16 heavy (non-hydrogen) atoms. The molecule has 1 aliphatic carbocycles. The van der Waals surface area contributed by atoms with Gasteiger partial charge in [0.2, 0.25) is 5.89 Å². The Kier molecular flexibility index (Phi) is 2.91. The van der Waals surface area contributed by atoms with Crippen LogP contribution in [-0.4, -0.2) is 16.7 Å². The number of nitrogens with zero attached hydrogens (tertiary/aromatic N) is 2. The average Bonchev–Trinajstić information content (AvgIpc) is 2.73. The molecule has 1 aromatic rings. The Morgan fingerprint density at radius 2 is 2.12 bits per heavy atom. The first-order valence-corrected chi connectivity index (χ1v) is 6.47. The van der Waals surface area contributed by atoms with E-state index in [-0.39, 0.29) is 0 Å². The Morgan fingerprint density at radius 3 is 2.81 bits per heavy atom. The lowest BCUT2D eigenvalue weighted by Gasteiger charge is -2.23. The molecule has 1 unspecified atom stereocenters. The summed E-state index contributed by atoms with van der Waals surface area (Å²) in [7, 11) is 0. The van der Waals surface area contributed by atoms with Crippen LogP contribution in [0.4, 0.5) is 0 Å². The van der Waals surface area contributed by atoms with Crippen LogP contribution >= 0.6 is 0 Å². The zero-order valence-corrected chi connectivity index (χ0v) is 9.61. The highest BCUT2D eigenvalue weighted by atomic mass is 16.5. The standard InChI is InChI=1S/C12H19N3O/c1-2-7-13-10(6-1)12-14-11(16-15-12)8-9-4-3-5-9/h9-10,13H,1-8H2. The van der Waals surface area contributed by atoms with Crippen LogP contribution < -0.4 is 5.32 Å². The minimum Gasteiger partial charge on any atom is -0.339 e. The molecule has 2 heterocycles. The highest BCUT2D eigenvalue weighted by Crippen LogP contribution is 2.29. The van der Waals surface area contributed by atoms with Crippen molar-refractivity contribution in [1.82, 2.24) is 15.5 Å². The van der Waals surface area contributed by atoms with Crippen molar-refractivity contribution in [1.29, 1.82) is 0 Å². The number of hydrogen-bond acceptors (Lipinski definition) is 4. The topological polar surface area (TPSA) is 51.0 Å². The van der Waals surface area contributed by atoms with E-state index in [1.807, 2.05) is 0 Å². The number of aromatic nitrogens is 2. The first kappa shape index (κ1) is 10.3. The Bertz CT molecular complexity index is 340. The lowest BCUT2D eigenvalue weighted by molar-refractivity contribution is 0.272. The number of nitrogens with one attached hydrogen (secondary N) is 1. The molecule has 4 nitrogen and oxygen atoms in total. The molecule has 0 aromatic carbocycles. The average molecular weight is 221 g/mol. The lowest BCUT2D eigenvalue weighted by Crippen LogP contribution is -2.27. The van der Waals surface area contributed by atoms with Gasteiger partial charge in [0.15, 0.2) is 5.82 Å². The second-order valence-corrected chi connectivity index (χ2v) is 5.05. The molecular formula is C12H19N3O.